The minimum atomic E-state index is 0.427. The van der Waals surface area contributed by atoms with Gasteiger partial charge in [-0.15, -0.1) is 0 Å². The predicted molar refractivity (Wildman–Crippen MR) is 62.2 cm³/mol. The average Bonchev–Trinajstić information content (AvgIpc) is 2.16. The zero-order chi connectivity index (χ0) is 10.6. The molecule has 0 bridgehead atoms. The monoisotopic (exact) mass is 252 g/mol. The Morgan fingerprint density at radius 3 is 2.79 bits per heavy atom. The second-order valence-corrected chi connectivity index (χ2v) is 4.21. The van der Waals surface area contributed by atoms with Crippen LogP contribution in [0.3, 0.4) is 0 Å². The van der Waals surface area contributed by atoms with Crippen LogP contribution in [0, 0.1) is 11.3 Å². The first-order chi connectivity index (χ1) is 6.65. The molecule has 3 heteroatoms. The molecule has 0 spiro atoms. The number of hydrogen-bond donors (Lipinski definition) is 1. The number of rotatable bonds is 3. The summed E-state index contributed by atoms with van der Waals surface area (Å²) in [4.78, 5) is 0. The first-order valence-electron chi connectivity index (χ1n) is 4.63. The molecule has 0 aliphatic rings. The number of halogens is 1. The zero-order valence-corrected chi connectivity index (χ0v) is 9.93. The topological polar surface area (TPSA) is 35.8 Å². The molecule has 0 saturated heterocycles. The standard InChI is InChI=1S/C11H13BrN2/c1-3-8(2)14-11-5-9(7-13)4-10(12)6-11/h4-6,8,14H,3H2,1-2H3. The number of nitrogens with zero attached hydrogens (tertiary/aromatic N) is 1. The Labute approximate surface area is 93.1 Å². The smallest absolute Gasteiger partial charge is 0.0992 e. The third-order valence-corrected chi connectivity index (χ3v) is 2.51. The molecular formula is C11H13BrN2. The second-order valence-electron chi connectivity index (χ2n) is 3.29. The lowest BCUT2D eigenvalue weighted by atomic mass is 10.2. The van der Waals surface area contributed by atoms with E-state index >= 15 is 0 Å². The molecule has 0 amide bonds. The highest BCUT2D eigenvalue weighted by atomic mass is 79.9. The van der Waals surface area contributed by atoms with Gasteiger partial charge in [0.1, 0.15) is 0 Å². The van der Waals surface area contributed by atoms with Gasteiger partial charge in [-0.05, 0) is 31.5 Å². The van der Waals surface area contributed by atoms with Crippen LogP contribution < -0.4 is 5.32 Å². The Morgan fingerprint density at radius 1 is 1.50 bits per heavy atom. The number of benzene rings is 1. The van der Waals surface area contributed by atoms with E-state index in [1.165, 1.54) is 0 Å². The summed E-state index contributed by atoms with van der Waals surface area (Å²) in [6, 6.07) is 8.20. The van der Waals surface area contributed by atoms with Gasteiger partial charge in [-0.25, -0.2) is 0 Å². The molecule has 1 atom stereocenters. The van der Waals surface area contributed by atoms with Gasteiger partial charge in [0.25, 0.3) is 0 Å². The van der Waals surface area contributed by atoms with Crippen LogP contribution in [0.4, 0.5) is 5.69 Å². The van der Waals surface area contributed by atoms with E-state index in [-0.39, 0.29) is 0 Å². The van der Waals surface area contributed by atoms with Crippen molar-refractivity contribution in [2.75, 3.05) is 5.32 Å². The third kappa shape index (κ3) is 3.04. The molecule has 0 saturated carbocycles. The Balaban J connectivity index is 2.88. The minimum absolute atomic E-state index is 0.427. The van der Waals surface area contributed by atoms with Crippen molar-refractivity contribution in [2.24, 2.45) is 0 Å². The summed E-state index contributed by atoms with van der Waals surface area (Å²) in [5, 5.41) is 12.1. The summed E-state index contributed by atoms with van der Waals surface area (Å²) in [5.41, 5.74) is 1.66. The average molecular weight is 253 g/mol. The van der Waals surface area contributed by atoms with Gasteiger partial charge >= 0.3 is 0 Å². The lowest BCUT2D eigenvalue weighted by molar-refractivity contribution is 0.764. The van der Waals surface area contributed by atoms with E-state index in [4.69, 9.17) is 5.26 Å². The second kappa shape index (κ2) is 5.02. The Kier molecular flexibility index (Phi) is 3.97. The van der Waals surface area contributed by atoms with Crippen LogP contribution in [-0.4, -0.2) is 6.04 Å². The first-order valence-corrected chi connectivity index (χ1v) is 5.42. The van der Waals surface area contributed by atoms with Crippen LogP contribution in [0.2, 0.25) is 0 Å². The Hall–Kier alpha value is -1.01. The summed E-state index contributed by atoms with van der Waals surface area (Å²) >= 11 is 3.37. The molecule has 1 rings (SSSR count). The molecule has 0 aliphatic heterocycles. The molecule has 1 N–H and O–H groups in total. The van der Waals surface area contributed by atoms with Gasteiger partial charge in [0, 0.05) is 16.2 Å². The molecule has 74 valence electrons. The van der Waals surface area contributed by atoms with Crippen LogP contribution >= 0.6 is 15.9 Å². The highest BCUT2D eigenvalue weighted by Crippen LogP contribution is 2.20. The van der Waals surface area contributed by atoms with E-state index < -0.39 is 0 Å². The van der Waals surface area contributed by atoms with E-state index in [0.29, 0.717) is 11.6 Å². The van der Waals surface area contributed by atoms with Crippen molar-refractivity contribution in [1.29, 1.82) is 5.26 Å². The van der Waals surface area contributed by atoms with Crippen molar-refractivity contribution in [3.8, 4) is 6.07 Å². The van der Waals surface area contributed by atoms with Crippen LogP contribution in [0.5, 0.6) is 0 Å². The van der Waals surface area contributed by atoms with Gasteiger partial charge in [0.15, 0.2) is 0 Å². The van der Waals surface area contributed by atoms with E-state index in [0.717, 1.165) is 16.6 Å². The maximum absolute atomic E-state index is 8.78. The zero-order valence-electron chi connectivity index (χ0n) is 8.34. The van der Waals surface area contributed by atoms with E-state index in [1.54, 1.807) is 0 Å². The molecule has 1 aromatic rings. The Morgan fingerprint density at radius 2 is 2.21 bits per heavy atom. The molecule has 2 nitrogen and oxygen atoms in total. The van der Waals surface area contributed by atoms with Crippen molar-refractivity contribution in [2.45, 2.75) is 26.3 Å². The summed E-state index contributed by atoms with van der Waals surface area (Å²) in [6.07, 6.45) is 1.06. The van der Waals surface area contributed by atoms with Gasteiger partial charge < -0.3 is 5.32 Å². The van der Waals surface area contributed by atoms with Crippen molar-refractivity contribution in [3.63, 3.8) is 0 Å². The van der Waals surface area contributed by atoms with Gasteiger partial charge in [0.2, 0.25) is 0 Å². The van der Waals surface area contributed by atoms with Crippen molar-refractivity contribution in [1.82, 2.24) is 0 Å². The fraction of sp³-hybridized carbons (Fsp3) is 0.364. The quantitative estimate of drug-likeness (QED) is 0.894. The van der Waals surface area contributed by atoms with Gasteiger partial charge in [-0.2, -0.15) is 5.26 Å². The lowest BCUT2D eigenvalue weighted by Gasteiger charge is -2.13. The fourth-order valence-electron chi connectivity index (χ4n) is 1.12. The number of anilines is 1. The van der Waals surface area contributed by atoms with E-state index in [1.807, 2.05) is 18.2 Å². The number of nitriles is 1. The number of hydrogen-bond acceptors (Lipinski definition) is 2. The van der Waals surface area contributed by atoms with Gasteiger partial charge in [0.05, 0.1) is 11.6 Å². The van der Waals surface area contributed by atoms with Gasteiger partial charge in [-0.3, -0.25) is 0 Å². The highest BCUT2D eigenvalue weighted by Gasteiger charge is 2.01. The molecule has 1 unspecified atom stereocenters. The van der Waals surface area contributed by atoms with E-state index in [9.17, 15) is 0 Å². The summed E-state index contributed by atoms with van der Waals surface area (Å²) in [6.45, 7) is 4.24. The van der Waals surface area contributed by atoms with E-state index in [2.05, 4.69) is 41.2 Å². The van der Waals surface area contributed by atoms with Crippen molar-refractivity contribution in [3.05, 3.63) is 28.2 Å². The normalized spacial score (nSPS) is 11.9. The summed E-state index contributed by atoms with van der Waals surface area (Å²) in [5.74, 6) is 0. The first kappa shape index (κ1) is 11.1. The maximum Gasteiger partial charge on any atom is 0.0992 e. The molecular weight excluding hydrogens is 240 g/mol. The third-order valence-electron chi connectivity index (χ3n) is 2.05. The highest BCUT2D eigenvalue weighted by molar-refractivity contribution is 9.10. The summed E-state index contributed by atoms with van der Waals surface area (Å²) < 4.78 is 0.933. The molecule has 0 aliphatic carbocycles. The molecule has 14 heavy (non-hydrogen) atoms. The fourth-order valence-corrected chi connectivity index (χ4v) is 1.62. The maximum atomic E-state index is 8.78. The SMILES string of the molecule is CCC(C)Nc1cc(Br)cc(C#N)c1. The molecule has 1 aromatic carbocycles. The summed E-state index contributed by atoms with van der Waals surface area (Å²) in [7, 11) is 0. The van der Waals surface area contributed by atoms with Crippen LogP contribution in [-0.2, 0) is 0 Å². The Bertz CT molecular complexity index is 355. The molecule has 0 heterocycles. The molecule has 0 aromatic heterocycles. The number of nitrogens with one attached hydrogen (secondary N) is 1. The van der Waals surface area contributed by atoms with Gasteiger partial charge in [-0.1, -0.05) is 22.9 Å². The van der Waals surface area contributed by atoms with Crippen LogP contribution in [0.15, 0.2) is 22.7 Å². The van der Waals surface area contributed by atoms with Crippen molar-refractivity contribution >= 4 is 21.6 Å². The minimum Gasteiger partial charge on any atom is -0.383 e. The largest absolute Gasteiger partial charge is 0.383 e. The van der Waals surface area contributed by atoms with Crippen LogP contribution in [0.25, 0.3) is 0 Å². The van der Waals surface area contributed by atoms with Crippen LogP contribution in [0.1, 0.15) is 25.8 Å². The van der Waals surface area contributed by atoms with Crippen molar-refractivity contribution < 1.29 is 0 Å². The predicted octanol–water partition coefficient (Wildman–Crippen LogP) is 3.53. The lowest BCUT2D eigenvalue weighted by Crippen LogP contribution is -2.13. The molecule has 0 fully saturated rings. The molecule has 0 radical (unpaired) electrons.